The smallest absolute Gasteiger partial charge is 0.161 e. The summed E-state index contributed by atoms with van der Waals surface area (Å²) < 4.78 is 11.2. The van der Waals surface area contributed by atoms with E-state index in [1.165, 1.54) is 11.3 Å². The second kappa shape index (κ2) is 6.38. The third kappa shape index (κ3) is 3.27. The molecule has 0 bridgehead atoms. The van der Waals surface area contributed by atoms with Crippen molar-refractivity contribution >= 4 is 17.2 Å². The quantitative estimate of drug-likeness (QED) is 0.633. The number of aryl methyl sites for hydroxylation is 1. The third-order valence-electron chi connectivity index (χ3n) is 2.59. The number of rotatable bonds is 6. The fraction of sp³-hybridized carbons (Fsp3) is 0.286. The highest BCUT2D eigenvalue weighted by atomic mass is 32.1. The highest BCUT2D eigenvalue weighted by Gasteiger charge is 2.11. The van der Waals surface area contributed by atoms with E-state index >= 15 is 0 Å². The van der Waals surface area contributed by atoms with Gasteiger partial charge >= 0.3 is 0 Å². The molecule has 0 unspecified atom stereocenters. The zero-order valence-corrected chi connectivity index (χ0v) is 12.3. The van der Waals surface area contributed by atoms with Gasteiger partial charge in [0, 0.05) is 0 Å². The molecule has 0 fully saturated rings. The standard InChI is InChI=1S/C14H17N3O2S/c1-3-18-10-6-4-5-7-11(10)19-8-12-17-9(2)13(20-12)14(15)16/h4-7H,3,8H2,1-2H3,(H3,15,16). The van der Waals surface area contributed by atoms with Gasteiger partial charge in [0.05, 0.1) is 17.2 Å². The third-order valence-corrected chi connectivity index (χ3v) is 3.75. The van der Waals surface area contributed by atoms with Gasteiger partial charge in [-0.15, -0.1) is 11.3 Å². The molecule has 0 amide bonds. The molecule has 0 aliphatic heterocycles. The number of benzene rings is 1. The maximum absolute atomic E-state index is 7.46. The lowest BCUT2D eigenvalue weighted by atomic mass is 10.3. The van der Waals surface area contributed by atoms with E-state index in [4.69, 9.17) is 20.6 Å². The summed E-state index contributed by atoms with van der Waals surface area (Å²) in [7, 11) is 0. The lowest BCUT2D eigenvalue weighted by Gasteiger charge is -2.10. The molecule has 0 saturated heterocycles. The van der Waals surface area contributed by atoms with Gasteiger partial charge in [-0.1, -0.05) is 12.1 Å². The lowest BCUT2D eigenvalue weighted by Crippen LogP contribution is -2.10. The van der Waals surface area contributed by atoms with E-state index in [1.54, 1.807) is 0 Å². The Morgan fingerprint density at radius 1 is 1.30 bits per heavy atom. The number of para-hydroxylation sites is 2. The zero-order valence-electron chi connectivity index (χ0n) is 11.5. The predicted molar refractivity (Wildman–Crippen MR) is 79.8 cm³/mol. The summed E-state index contributed by atoms with van der Waals surface area (Å²) in [6.07, 6.45) is 0. The Balaban J connectivity index is 2.09. The van der Waals surface area contributed by atoms with E-state index in [-0.39, 0.29) is 5.84 Å². The molecule has 0 spiro atoms. The molecule has 0 atom stereocenters. The summed E-state index contributed by atoms with van der Waals surface area (Å²) in [4.78, 5) is 5.05. The fourth-order valence-electron chi connectivity index (χ4n) is 1.75. The summed E-state index contributed by atoms with van der Waals surface area (Å²) in [6.45, 7) is 4.69. The number of amidine groups is 1. The maximum Gasteiger partial charge on any atom is 0.161 e. The van der Waals surface area contributed by atoms with Gasteiger partial charge in [-0.25, -0.2) is 4.98 Å². The number of ether oxygens (including phenoxy) is 2. The predicted octanol–water partition coefficient (Wildman–Crippen LogP) is 2.71. The maximum atomic E-state index is 7.46. The highest BCUT2D eigenvalue weighted by molar-refractivity contribution is 7.13. The average molecular weight is 291 g/mol. The lowest BCUT2D eigenvalue weighted by molar-refractivity contribution is 0.269. The molecule has 5 nitrogen and oxygen atoms in total. The van der Waals surface area contributed by atoms with E-state index in [0.29, 0.717) is 23.8 Å². The number of thiazole rings is 1. The topological polar surface area (TPSA) is 81.2 Å². The van der Waals surface area contributed by atoms with Gasteiger partial charge in [-0.05, 0) is 26.0 Å². The SMILES string of the molecule is CCOc1ccccc1OCc1nc(C)c(C(=N)N)s1. The normalized spacial score (nSPS) is 10.3. The minimum atomic E-state index is 0.0426. The van der Waals surface area contributed by atoms with Crippen LogP contribution >= 0.6 is 11.3 Å². The van der Waals surface area contributed by atoms with Gasteiger partial charge in [0.15, 0.2) is 11.5 Å². The van der Waals surface area contributed by atoms with E-state index < -0.39 is 0 Å². The van der Waals surface area contributed by atoms with Crippen LogP contribution in [0.2, 0.25) is 0 Å². The summed E-state index contributed by atoms with van der Waals surface area (Å²) in [5.41, 5.74) is 6.25. The van der Waals surface area contributed by atoms with Gasteiger partial charge in [0.25, 0.3) is 0 Å². The van der Waals surface area contributed by atoms with Crippen LogP contribution in [-0.2, 0) is 6.61 Å². The van der Waals surface area contributed by atoms with Gasteiger partial charge in [-0.3, -0.25) is 5.41 Å². The Hall–Kier alpha value is -2.08. The first-order valence-corrected chi connectivity index (χ1v) is 7.08. The number of nitrogens with two attached hydrogens (primary N) is 1. The molecule has 1 aromatic heterocycles. The first-order chi connectivity index (χ1) is 9.61. The molecule has 1 heterocycles. The first kappa shape index (κ1) is 14.3. The Kier molecular flexibility index (Phi) is 4.57. The molecule has 2 aromatic rings. The van der Waals surface area contributed by atoms with Crippen LogP contribution in [-0.4, -0.2) is 17.4 Å². The molecule has 0 radical (unpaired) electrons. The van der Waals surface area contributed by atoms with Crippen molar-refractivity contribution < 1.29 is 9.47 Å². The van der Waals surface area contributed by atoms with Crippen LogP contribution in [0.15, 0.2) is 24.3 Å². The van der Waals surface area contributed by atoms with Gasteiger partial charge in [0.2, 0.25) is 0 Å². The molecular weight excluding hydrogens is 274 g/mol. The van der Waals surface area contributed by atoms with Crippen LogP contribution in [0.4, 0.5) is 0 Å². The Morgan fingerprint density at radius 3 is 2.50 bits per heavy atom. The van der Waals surface area contributed by atoms with Gasteiger partial charge < -0.3 is 15.2 Å². The Morgan fingerprint density at radius 2 is 1.95 bits per heavy atom. The number of nitrogens with one attached hydrogen (secondary N) is 1. The summed E-state index contributed by atoms with van der Waals surface area (Å²) in [5.74, 6) is 1.45. The number of hydrogen-bond acceptors (Lipinski definition) is 5. The highest BCUT2D eigenvalue weighted by Crippen LogP contribution is 2.28. The van der Waals surface area contributed by atoms with Crippen LogP contribution in [0.3, 0.4) is 0 Å². The number of aromatic nitrogens is 1. The Labute approximate surface area is 121 Å². The molecular formula is C14H17N3O2S. The average Bonchev–Trinajstić information content (AvgIpc) is 2.79. The van der Waals surface area contributed by atoms with E-state index in [0.717, 1.165) is 16.5 Å². The molecule has 106 valence electrons. The summed E-state index contributed by atoms with van der Waals surface area (Å²) >= 11 is 1.38. The van der Waals surface area contributed by atoms with Crippen molar-refractivity contribution in [3.05, 3.63) is 39.8 Å². The van der Waals surface area contributed by atoms with Gasteiger partial charge in [0.1, 0.15) is 17.5 Å². The molecule has 6 heteroatoms. The number of hydrogen-bond donors (Lipinski definition) is 2. The molecule has 3 N–H and O–H groups in total. The van der Waals surface area contributed by atoms with Crippen LogP contribution in [0.5, 0.6) is 11.5 Å². The van der Waals surface area contributed by atoms with Crippen molar-refractivity contribution in [2.75, 3.05) is 6.61 Å². The second-order valence-corrected chi connectivity index (χ2v) is 5.19. The minimum absolute atomic E-state index is 0.0426. The van der Waals surface area contributed by atoms with Crippen LogP contribution in [0, 0.1) is 12.3 Å². The van der Waals surface area contributed by atoms with Crippen molar-refractivity contribution in [2.45, 2.75) is 20.5 Å². The second-order valence-electron chi connectivity index (χ2n) is 4.10. The van der Waals surface area contributed by atoms with Crippen LogP contribution in [0.1, 0.15) is 22.5 Å². The largest absolute Gasteiger partial charge is 0.490 e. The molecule has 0 aliphatic carbocycles. The van der Waals surface area contributed by atoms with Crippen molar-refractivity contribution in [1.82, 2.24) is 4.98 Å². The summed E-state index contributed by atoms with van der Waals surface area (Å²) in [5, 5.41) is 8.25. The molecule has 0 aliphatic rings. The fourth-order valence-corrected chi connectivity index (χ4v) is 2.59. The molecule has 1 aromatic carbocycles. The van der Waals surface area contributed by atoms with Crippen LogP contribution in [0.25, 0.3) is 0 Å². The van der Waals surface area contributed by atoms with Crippen LogP contribution < -0.4 is 15.2 Å². The Bertz CT molecular complexity index is 610. The first-order valence-electron chi connectivity index (χ1n) is 6.27. The van der Waals surface area contributed by atoms with E-state index in [2.05, 4.69) is 4.98 Å². The van der Waals surface area contributed by atoms with Crippen molar-refractivity contribution in [2.24, 2.45) is 5.73 Å². The van der Waals surface area contributed by atoms with E-state index in [1.807, 2.05) is 38.1 Å². The van der Waals surface area contributed by atoms with E-state index in [9.17, 15) is 0 Å². The number of nitrogens with zero attached hydrogens (tertiary/aromatic N) is 1. The zero-order chi connectivity index (χ0) is 14.5. The minimum Gasteiger partial charge on any atom is -0.490 e. The summed E-state index contributed by atoms with van der Waals surface area (Å²) in [6, 6.07) is 7.52. The monoisotopic (exact) mass is 291 g/mol. The van der Waals surface area contributed by atoms with Crippen molar-refractivity contribution in [3.8, 4) is 11.5 Å². The van der Waals surface area contributed by atoms with Crippen molar-refractivity contribution in [1.29, 1.82) is 5.41 Å². The van der Waals surface area contributed by atoms with Gasteiger partial charge in [-0.2, -0.15) is 0 Å². The number of nitrogen functional groups attached to an aromatic ring is 1. The van der Waals surface area contributed by atoms with Crippen molar-refractivity contribution in [3.63, 3.8) is 0 Å². The molecule has 2 rings (SSSR count). The molecule has 20 heavy (non-hydrogen) atoms. The molecule has 0 saturated carbocycles.